The Morgan fingerprint density at radius 1 is 1.14 bits per heavy atom. The second kappa shape index (κ2) is 3.79. The zero-order valence-electron chi connectivity index (χ0n) is 11.8. The van der Waals surface area contributed by atoms with Crippen molar-refractivity contribution in [2.24, 2.45) is 0 Å². The Labute approximate surface area is 123 Å². The number of benzene rings is 2. The van der Waals surface area contributed by atoms with Crippen LogP contribution in [0.25, 0.3) is 38.9 Å². The fraction of sp³-hybridized carbons (Fsp3) is 0.158. The fourth-order valence-electron chi connectivity index (χ4n) is 3.58. The van der Waals surface area contributed by atoms with Crippen LogP contribution in [0.15, 0.2) is 46.9 Å². The molecule has 2 heterocycles. The van der Waals surface area contributed by atoms with Crippen molar-refractivity contribution in [2.45, 2.75) is 19.3 Å². The molecule has 0 radical (unpaired) electrons. The van der Waals surface area contributed by atoms with Crippen LogP contribution in [0.5, 0.6) is 0 Å². The van der Waals surface area contributed by atoms with E-state index in [-0.39, 0.29) is 1.43 Å². The molecule has 2 heteroatoms. The third-order valence-corrected chi connectivity index (χ3v) is 4.64. The lowest BCUT2D eigenvalue weighted by atomic mass is 9.93. The molecule has 0 amide bonds. The average molecular weight is 275 g/mol. The molecule has 1 N–H and O–H groups in total. The molecule has 0 spiro atoms. The zero-order chi connectivity index (χ0) is 14.0. The standard InChI is InChI=1S/C19H15NO.H2/c1-11-5-4-7-14-17-15(20-18(11)14)10-9-13-12-6-2-3-8-16(12)21-19(13)17;/h2-4,6-11,20H,5H2,1H3;1H. The molecule has 1 atom stereocenters. The second-order valence-corrected chi connectivity index (χ2v) is 5.95. The topological polar surface area (TPSA) is 28.9 Å². The van der Waals surface area contributed by atoms with Gasteiger partial charge in [0.15, 0.2) is 0 Å². The van der Waals surface area contributed by atoms with E-state index in [0.717, 1.165) is 17.6 Å². The summed E-state index contributed by atoms with van der Waals surface area (Å²) in [6.07, 6.45) is 5.60. The third-order valence-electron chi connectivity index (χ3n) is 4.64. The van der Waals surface area contributed by atoms with Crippen LogP contribution in [-0.4, -0.2) is 4.98 Å². The van der Waals surface area contributed by atoms with E-state index in [9.17, 15) is 0 Å². The van der Waals surface area contributed by atoms with E-state index in [4.69, 9.17) is 4.42 Å². The fourth-order valence-corrected chi connectivity index (χ4v) is 3.58. The smallest absolute Gasteiger partial charge is 0.145 e. The van der Waals surface area contributed by atoms with Crippen LogP contribution in [0.2, 0.25) is 0 Å². The summed E-state index contributed by atoms with van der Waals surface area (Å²) in [5, 5.41) is 3.62. The largest absolute Gasteiger partial charge is 0.455 e. The minimum absolute atomic E-state index is 0. The van der Waals surface area contributed by atoms with Gasteiger partial charge in [-0.2, -0.15) is 0 Å². The molecular formula is C19H17NO. The number of fused-ring (bicyclic) bond motifs is 7. The Balaban J connectivity index is 0.00000125. The number of hydrogen-bond donors (Lipinski definition) is 1. The molecular weight excluding hydrogens is 258 g/mol. The van der Waals surface area contributed by atoms with Crippen LogP contribution in [-0.2, 0) is 0 Å². The van der Waals surface area contributed by atoms with Gasteiger partial charge in [0.25, 0.3) is 0 Å². The van der Waals surface area contributed by atoms with E-state index in [2.05, 4.69) is 48.3 Å². The Bertz CT molecular complexity index is 1040. The average Bonchev–Trinajstić information content (AvgIpc) is 3.05. The normalized spacial score (nSPS) is 17.9. The third kappa shape index (κ3) is 1.37. The summed E-state index contributed by atoms with van der Waals surface area (Å²) in [7, 11) is 0. The van der Waals surface area contributed by atoms with Crippen molar-refractivity contribution in [3.8, 4) is 0 Å². The Morgan fingerprint density at radius 3 is 3.00 bits per heavy atom. The number of nitrogens with one attached hydrogen (secondary N) is 1. The van der Waals surface area contributed by atoms with Crippen LogP contribution < -0.4 is 0 Å². The summed E-state index contributed by atoms with van der Waals surface area (Å²) in [4.78, 5) is 3.59. The van der Waals surface area contributed by atoms with Gasteiger partial charge in [0.05, 0.1) is 10.9 Å². The lowest BCUT2D eigenvalue weighted by Crippen LogP contribution is -1.98. The Kier molecular flexibility index (Phi) is 2.02. The van der Waals surface area contributed by atoms with Crippen LogP contribution in [0.3, 0.4) is 0 Å². The van der Waals surface area contributed by atoms with Gasteiger partial charge in [-0.15, -0.1) is 0 Å². The van der Waals surface area contributed by atoms with Crippen molar-refractivity contribution in [2.75, 3.05) is 0 Å². The zero-order valence-corrected chi connectivity index (χ0v) is 11.8. The molecule has 4 aromatic rings. The predicted octanol–water partition coefficient (Wildman–Crippen LogP) is 5.83. The molecule has 0 aliphatic heterocycles. The summed E-state index contributed by atoms with van der Waals surface area (Å²) < 4.78 is 6.17. The van der Waals surface area contributed by atoms with Gasteiger partial charge in [-0.1, -0.05) is 37.3 Å². The molecule has 1 unspecified atom stereocenters. The minimum Gasteiger partial charge on any atom is -0.455 e. The highest BCUT2D eigenvalue weighted by atomic mass is 16.3. The quantitative estimate of drug-likeness (QED) is 0.429. The first-order valence-electron chi connectivity index (χ1n) is 7.45. The molecule has 1 aliphatic rings. The van der Waals surface area contributed by atoms with Gasteiger partial charge in [0.1, 0.15) is 11.2 Å². The van der Waals surface area contributed by atoms with Crippen LogP contribution in [0.1, 0.15) is 31.9 Å². The maximum atomic E-state index is 6.17. The number of furan rings is 1. The highest BCUT2D eigenvalue weighted by molar-refractivity contribution is 6.17. The first-order chi connectivity index (χ1) is 10.3. The van der Waals surface area contributed by atoms with Crippen molar-refractivity contribution in [3.63, 3.8) is 0 Å². The first kappa shape index (κ1) is 11.2. The maximum Gasteiger partial charge on any atom is 0.145 e. The van der Waals surface area contributed by atoms with Crippen molar-refractivity contribution >= 4 is 38.9 Å². The molecule has 0 saturated carbocycles. The Morgan fingerprint density at radius 2 is 2.05 bits per heavy atom. The minimum atomic E-state index is 0. The van der Waals surface area contributed by atoms with Crippen LogP contribution in [0, 0.1) is 0 Å². The number of aromatic nitrogens is 1. The van der Waals surface area contributed by atoms with Gasteiger partial charge < -0.3 is 9.40 Å². The van der Waals surface area contributed by atoms with E-state index in [1.54, 1.807) is 0 Å². The van der Waals surface area contributed by atoms with E-state index < -0.39 is 0 Å². The number of hydrogen-bond acceptors (Lipinski definition) is 1. The highest BCUT2D eigenvalue weighted by Crippen LogP contribution is 2.40. The summed E-state index contributed by atoms with van der Waals surface area (Å²) in [6, 6.07) is 12.6. The lowest BCUT2D eigenvalue weighted by Gasteiger charge is -2.12. The van der Waals surface area contributed by atoms with E-state index in [1.165, 1.54) is 32.9 Å². The van der Waals surface area contributed by atoms with Crippen molar-refractivity contribution in [1.29, 1.82) is 0 Å². The number of para-hydroxylation sites is 1. The van der Waals surface area contributed by atoms with Gasteiger partial charge in [-0.05, 0) is 24.6 Å². The lowest BCUT2D eigenvalue weighted by molar-refractivity contribution is 0.672. The van der Waals surface area contributed by atoms with Gasteiger partial charge in [-0.25, -0.2) is 0 Å². The Hall–Kier alpha value is -2.48. The summed E-state index contributed by atoms with van der Waals surface area (Å²) in [5.41, 5.74) is 5.77. The number of rotatable bonds is 0. The maximum absolute atomic E-state index is 6.17. The molecule has 5 rings (SSSR count). The number of aromatic amines is 1. The second-order valence-electron chi connectivity index (χ2n) is 5.95. The molecule has 2 aromatic heterocycles. The summed E-state index contributed by atoms with van der Waals surface area (Å²) in [6.45, 7) is 2.27. The van der Waals surface area contributed by atoms with Gasteiger partial charge >= 0.3 is 0 Å². The number of H-pyrrole nitrogens is 1. The van der Waals surface area contributed by atoms with E-state index in [0.29, 0.717) is 5.92 Å². The molecule has 1 aliphatic carbocycles. The van der Waals surface area contributed by atoms with Crippen molar-refractivity contribution in [1.82, 2.24) is 4.98 Å². The van der Waals surface area contributed by atoms with Gasteiger partial charge in [-0.3, -0.25) is 0 Å². The first-order valence-corrected chi connectivity index (χ1v) is 7.45. The predicted molar refractivity (Wildman–Crippen MR) is 89.8 cm³/mol. The summed E-state index contributed by atoms with van der Waals surface area (Å²) >= 11 is 0. The molecule has 104 valence electrons. The monoisotopic (exact) mass is 275 g/mol. The van der Waals surface area contributed by atoms with Crippen LogP contribution in [0.4, 0.5) is 0 Å². The van der Waals surface area contributed by atoms with Crippen molar-refractivity contribution in [3.05, 3.63) is 53.7 Å². The van der Waals surface area contributed by atoms with Crippen molar-refractivity contribution < 1.29 is 5.84 Å². The molecule has 0 fully saturated rings. The molecule has 0 saturated heterocycles. The molecule has 0 bridgehead atoms. The van der Waals surface area contributed by atoms with Gasteiger partial charge in [0.2, 0.25) is 0 Å². The molecule has 2 nitrogen and oxygen atoms in total. The SMILES string of the molecule is CC1CC=Cc2c1[nH]c1ccc3c4ccccc4oc3c21.[HH]. The summed E-state index contributed by atoms with van der Waals surface area (Å²) in [5.74, 6) is 0.539. The molecule has 21 heavy (non-hydrogen) atoms. The van der Waals surface area contributed by atoms with E-state index in [1.807, 2.05) is 12.1 Å². The number of allylic oxidation sites excluding steroid dienone is 1. The van der Waals surface area contributed by atoms with Crippen LogP contribution >= 0.6 is 0 Å². The molecule has 2 aromatic carbocycles. The van der Waals surface area contributed by atoms with E-state index >= 15 is 0 Å². The highest BCUT2D eigenvalue weighted by Gasteiger charge is 2.21. The van der Waals surface area contributed by atoms with Gasteiger partial charge in [0, 0.05) is 29.4 Å².